The Morgan fingerprint density at radius 2 is 1.68 bits per heavy atom. The van der Waals surface area contributed by atoms with Gasteiger partial charge in [0.25, 0.3) is 5.91 Å². The van der Waals surface area contributed by atoms with Gasteiger partial charge in [0, 0.05) is 18.6 Å². The predicted molar refractivity (Wildman–Crippen MR) is 157 cm³/mol. The lowest BCUT2D eigenvalue weighted by Gasteiger charge is -2.39. The van der Waals surface area contributed by atoms with Gasteiger partial charge in [-0.15, -0.1) is 0 Å². The van der Waals surface area contributed by atoms with Crippen LogP contribution in [0.4, 0.5) is 0 Å². The van der Waals surface area contributed by atoms with Crippen LogP contribution in [0.2, 0.25) is 0 Å². The molecule has 3 aromatic rings. The molecule has 1 heterocycles. The standard InChI is InChI=1S/C32H40N2O5S/c1-21-7-5-8-22(2)34(21)19-23-13-16-28-26(17-23)11-6-12-29(28)33-32(37)31(36)30(35)20-40(38,39)27-15-14-24-9-3-4-10-25(24)18-27/h3-4,9-10,13-18,21-22,29-31,35-36H,5-8,11-12,19-20H2,1-2H3,(H,33,37)/t21-,22?,29?,30-,31-/m1/s1. The first-order chi connectivity index (χ1) is 19.1. The fourth-order valence-corrected chi connectivity index (χ4v) is 7.72. The Bertz CT molecular complexity index is 1460. The summed E-state index contributed by atoms with van der Waals surface area (Å²) in [5.41, 5.74) is 3.48. The zero-order valence-corrected chi connectivity index (χ0v) is 24.1. The van der Waals surface area contributed by atoms with Gasteiger partial charge in [-0.2, -0.15) is 0 Å². The molecule has 8 heteroatoms. The van der Waals surface area contributed by atoms with Gasteiger partial charge in [-0.25, -0.2) is 8.42 Å². The first kappa shape index (κ1) is 28.7. The number of carbonyl (C=O) groups excluding carboxylic acids is 1. The highest BCUT2D eigenvalue weighted by molar-refractivity contribution is 7.91. The minimum Gasteiger partial charge on any atom is -0.389 e. The molecule has 3 aromatic carbocycles. The summed E-state index contributed by atoms with van der Waals surface area (Å²) in [6.45, 7) is 5.50. The van der Waals surface area contributed by atoms with Crippen LogP contribution in [-0.4, -0.2) is 59.5 Å². The van der Waals surface area contributed by atoms with E-state index >= 15 is 0 Å². The maximum atomic E-state index is 13.0. The minimum atomic E-state index is -3.93. The Morgan fingerprint density at radius 1 is 0.950 bits per heavy atom. The lowest BCUT2D eigenvalue weighted by Crippen LogP contribution is -2.46. The van der Waals surface area contributed by atoms with E-state index in [0.717, 1.165) is 42.1 Å². The van der Waals surface area contributed by atoms with Gasteiger partial charge in [0.2, 0.25) is 0 Å². The molecular weight excluding hydrogens is 524 g/mol. The summed E-state index contributed by atoms with van der Waals surface area (Å²) >= 11 is 0. The fourth-order valence-electron chi connectivity index (χ4n) is 6.32. The predicted octanol–water partition coefficient (Wildman–Crippen LogP) is 4.29. The first-order valence-electron chi connectivity index (χ1n) is 14.4. The molecule has 2 aliphatic rings. The van der Waals surface area contributed by atoms with Crippen molar-refractivity contribution < 1.29 is 23.4 Å². The molecule has 1 fully saturated rings. The zero-order chi connectivity index (χ0) is 28.4. The largest absolute Gasteiger partial charge is 0.389 e. The van der Waals surface area contributed by atoms with Gasteiger partial charge in [-0.1, -0.05) is 55.0 Å². The molecule has 1 amide bonds. The Kier molecular flexibility index (Phi) is 8.61. The molecule has 214 valence electrons. The molecule has 0 bridgehead atoms. The summed E-state index contributed by atoms with van der Waals surface area (Å²) in [6.07, 6.45) is 2.65. The quantitative estimate of drug-likeness (QED) is 0.377. The third kappa shape index (κ3) is 6.25. The van der Waals surface area contributed by atoms with Crippen LogP contribution >= 0.6 is 0 Å². The molecule has 5 rings (SSSR count). The lowest BCUT2D eigenvalue weighted by molar-refractivity contribution is -0.135. The Hall–Kier alpha value is -2.78. The van der Waals surface area contributed by atoms with Crippen molar-refractivity contribution in [2.75, 3.05) is 5.75 Å². The van der Waals surface area contributed by atoms with E-state index in [1.807, 2.05) is 24.3 Å². The Morgan fingerprint density at radius 3 is 2.42 bits per heavy atom. The third-order valence-electron chi connectivity index (χ3n) is 8.68. The van der Waals surface area contributed by atoms with Gasteiger partial charge >= 0.3 is 0 Å². The van der Waals surface area contributed by atoms with Gasteiger partial charge in [-0.05, 0) is 85.5 Å². The number of piperidine rings is 1. The summed E-state index contributed by atoms with van der Waals surface area (Å²) in [6, 6.07) is 19.4. The van der Waals surface area contributed by atoms with Crippen LogP contribution in [0.25, 0.3) is 10.8 Å². The second kappa shape index (κ2) is 12.0. The van der Waals surface area contributed by atoms with Gasteiger partial charge in [0.1, 0.15) is 6.10 Å². The first-order valence-corrected chi connectivity index (χ1v) is 16.0. The van der Waals surface area contributed by atoms with Gasteiger partial charge < -0.3 is 15.5 Å². The average Bonchev–Trinajstić information content (AvgIpc) is 2.94. The highest BCUT2D eigenvalue weighted by Crippen LogP contribution is 2.32. The van der Waals surface area contributed by atoms with E-state index in [2.05, 4.69) is 42.3 Å². The van der Waals surface area contributed by atoms with E-state index in [1.165, 1.54) is 36.5 Å². The minimum absolute atomic E-state index is 0.0446. The summed E-state index contributed by atoms with van der Waals surface area (Å²) in [5.74, 6) is -1.52. The summed E-state index contributed by atoms with van der Waals surface area (Å²) in [5, 5.41) is 25.7. The van der Waals surface area contributed by atoms with Crippen molar-refractivity contribution in [2.45, 2.75) is 94.1 Å². The number of hydrogen-bond acceptors (Lipinski definition) is 6. The van der Waals surface area contributed by atoms with Crippen LogP contribution in [0.1, 0.15) is 68.7 Å². The van der Waals surface area contributed by atoms with Crippen molar-refractivity contribution in [1.82, 2.24) is 10.2 Å². The second-order valence-electron chi connectivity index (χ2n) is 11.6. The van der Waals surface area contributed by atoms with E-state index in [0.29, 0.717) is 12.1 Å². The van der Waals surface area contributed by atoms with E-state index < -0.39 is 33.7 Å². The number of carbonyl (C=O) groups is 1. The van der Waals surface area contributed by atoms with Crippen molar-refractivity contribution in [3.05, 3.63) is 77.4 Å². The molecule has 0 saturated carbocycles. The van der Waals surface area contributed by atoms with Crippen LogP contribution in [0.5, 0.6) is 0 Å². The molecule has 5 atom stereocenters. The van der Waals surface area contributed by atoms with Crippen molar-refractivity contribution >= 4 is 26.5 Å². The monoisotopic (exact) mass is 564 g/mol. The van der Waals surface area contributed by atoms with E-state index in [4.69, 9.17) is 0 Å². The normalized spacial score (nSPS) is 23.4. The molecule has 1 aliphatic carbocycles. The lowest BCUT2D eigenvalue weighted by atomic mass is 9.86. The molecule has 0 radical (unpaired) electrons. The molecule has 1 aliphatic heterocycles. The number of nitrogens with one attached hydrogen (secondary N) is 1. The fraction of sp³-hybridized carbons (Fsp3) is 0.469. The molecule has 2 unspecified atom stereocenters. The molecule has 40 heavy (non-hydrogen) atoms. The van der Waals surface area contributed by atoms with Gasteiger partial charge in [0.15, 0.2) is 15.9 Å². The van der Waals surface area contributed by atoms with E-state index in [1.54, 1.807) is 12.1 Å². The number of aliphatic hydroxyl groups is 2. The molecule has 3 N–H and O–H groups in total. The number of sulfone groups is 1. The maximum absolute atomic E-state index is 13.0. The van der Waals surface area contributed by atoms with Gasteiger partial charge in [0.05, 0.1) is 16.7 Å². The Labute approximate surface area is 237 Å². The number of amides is 1. The summed E-state index contributed by atoms with van der Waals surface area (Å²) in [7, 11) is -3.93. The molecular formula is C32H40N2O5S. The summed E-state index contributed by atoms with van der Waals surface area (Å²) in [4.78, 5) is 15.6. The molecule has 0 aromatic heterocycles. The number of fused-ring (bicyclic) bond motifs is 2. The number of hydrogen-bond donors (Lipinski definition) is 3. The Balaban J connectivity index is 1.23. The number of rotatable bonds is 8. The van der Waals surface area contributed by atoms with E-state index in [9.17, 15) is 23.4 Å². The van der Waals surface area contributed by atoms with Crippen LogP contribution < -0.4 is 5.32 Å². The summed E-state index contributed by atoms with van der Waals surface area (Å²) < 4.78 is 26.0. The molecule has 7 nitrogen and oxygen atoms in total. The van der Waals surface area contributed by atoms with Gasteiger partial charge in [-0.3, -0.25) is 9.69 Å². The highest BCUT2D eigenvalue weighted by Gasteiger charge is 2.32. The van der Waals surface area contributed by atoms with Crippen molar-refractivity contribution in [2.24, 2.45) is 0 Å². The van der Waals surface area contributed by atoms with E-state index in [-0.39, 0.29) is 10.9 Å². The van der Waals surface area contributed by atoms with Crippen LogP contribution in [0.15, 0.2) is 65.6 Å². The number of likely N-dealkylation sites (tertiary alicyclic amines) is 1. The topological polar surface area (TPSA) is 107 Å². The SMILES string of the molecule is CC1CCC[C@@H](C)N1Cc1ccc2c(c1)CCCC2NC(=O)[C@H](O)[C@H](O)CS(=O)(=O)c1ccc2ccccc2c1. The van der Waals surface area contributed by atoms with Crippen molar-refractivity contribution in [3.8, 4) is 0 Å². The van der Waals surface area contributed by atoms with Crippen LogP contribution in [0, 0.1) is 0 Å². The highest BCUT2D eigenvalue weighted by atomic mass is 32.2. The second-order valence-corrected chi connectivity index (χ2v) is 13.6. The number of aliphatic hydroxyl groups excluding tert-OH is 2. The van der Waals surface area contributed by atoms with Crippen LogP contribution in [0.3, 0.4) is 0 Å². The third-order valence-corrected chi connectivity index (χ3v) is 10.4. The maximum Gasteiger partial charge on any atom is 0.252 e. The number of benzene rings is 3. The molecule has 0 spiro atoms. The number of nitrogens with zero attached hydrogens (tertiary/aromatic N) is 1. The average molecular weight is 565 g/mol. The smallest absolute Gasteiger partial charge is 0.252 e. The molecule has 1 saturated heterocycles. The van der Waals surface area contributed by atoms with Crippen LogP contribution in [-0.2, 0) is 27.6 Å². The number of aryl methyl sites for hydroxylation is 1. The zero-order valence-electron chi connectivity index (χ0n) is 23.3. The van der Waals surface area contributed by atoms with Crippen molar-refractivity contribution in [1.29, 1.82) is 0 Å². The van der Waals surface area contributed by atoms with Crippen molar-refractivity contribution in [3.63, 3.8) is 0 Å².